The third-order valence-electron chi connectivity index (χ3n) is 4.50. The van der Waals surface area contributed by atoms with Crippen LogP contribution in [0.4, 0.5) is 0 Å². The van der Waals surface area contributed by atoms with Gasteiger partial charge in [0.25, 0.3) is 0 Å². The maximum absolute atomic E-state index is 12.1. The van der Waals surface area contributed by atoms with E-state index in [0.717, 1.165) is 48.8 Å². The number of hydrogen-bond donors (Lipinski definition) is 0. The predicted molar refractivity (Wildman–Crippen MR) is 86.2 cm³/mol. The number of hydrogen-bond acceptors (Lipinski definition) is 5. The molecule has 0 spiro atoms. The number of fused-ring (bicyclic) bond motifs is 1. The fourth-order valence-corrected chi connectivity index (χ4v) is 3.18. The van der Waals surface area contributed by atoms with Crippen molar-refractivity contribution in [1.29, 1.82) is 0 Å². The molecule has 0 unspecified atom stereocenters. The van der Waals surface area contributed by atoms with Crippen molar-refractivity contribution in [3.05, 3.63) is 30.4 Å². The Balaban J connectivity index is 1.49. The zero-order valence-electron chi connectivity index (χ0n) is 13.5. The summed E-state index contributed by atoms with van der Waals surface area (Å²) in [4.78, 5) is 18.4. The molecule has 1 aromatic heterocycles. The minimum atomic E-state index is 0.250. The molecule has 0 bridgehead atoms. The maximum atomic E-state index is 12.1. The van der Waals surface area contributed by atoms with Gasteiger partial charge in [-0.2, -0.15) is 5.10 Å². The molecule has 2 aliphatic rings. The first kappa shape index (κ1) is 15.0. The normalized spacial score (nSPS) is 17.2. The van der Waals surface area contributed by atoms with Crippen molar-refractivity contribution in [2.75, 3.05) is 19.9 Å². The molecule has 4 rings (SSSR count). The first-order valence-corrected chi connectivity index (χ1v) is 8.38. The number of carbonyl (C=O) groups is 1. The molecule has 0 saturated carbocycles. The number of ether oxygens (including phenoxy) is 2. The van der Waals surface area contributed by atoms with E-state index in [0.29, 0.717) is 19.4 Å². The molecular formula is C17H20N4O3. The van der Waals surface area contributed by atoms with Crippen LogP contribution >= 0.6 is 0 Å². The predicted octanol–water partition coefficient (Wildman–Crippen LogP) is 1.94. The van der Waals surface area contributed by atoms with Gasteiger partial charge in [-0.3, -0.25) is 4.79 Å². The van der Waals surface area contributed by atoms with Crippen molar-refractivity contribution in [3.63, 3.8) is 0 Å². The van der Waals surface area contributed by atoms with E-state index in [1.165, 1.54) is 0 Å². The van der Waals surface area contributed by atoms with Gasteiger partial charge >= 0.3 is 0 Å². The van der Waals surface area contributed by atoms with E-state index in [1.807, 2.05) is 23.1 Å². The van der Waals surface area contributed by atoms with Crippen LogP contribution in [0.2, 0.25) is 0 Å². The van der Waals surface area contributed by atoms with Gasteiger partial charge in [0.1, 0.15) is 12.2 Å². The summed E-state index contributed by atoms with van der Waals surface area (Å²) < 4.78 is 12.6. The van der Waals surface area contributed by atoms with Gasteiger partial charge in [-0.1, -0.05) is 6.42 Å². The standard InChI is InChI=1S/C17H20N4O3/c22-17-4-2-1-3-8-20(17)9-7-16-18-11-19-21(16)13-5-6-14-15(10-13)24-12-23-14/h5-6,10-11H,1-4,7-9,12H2. The molecule has 1 amide bonds. The highest BCUT2D eigenvalue weighted by atomic mass is 16.7. The maximum Gasteiger partial charge on any atom is 0.231 e. The van der Waals surface area contributed by atoms with Gasteiger partial charge in [0.2, 0.25) is 12.7 Å². The van der Waals surface area contributed by atoms with Crippen LogP contribution in [0.15, 0.2) is 24.5 Å². The summed E-state index contributed by atoms with van der Waals surface area (Å²) in [6, 6.07) is 5.71. The fraction of sp³-hybridized carbons (Fsp3) is 0.471. The lowest BCUT2D eigenvalue weighted by Crippen LogP contribution is -2.32. The minimum Gasteiger partial charge on any atom is -0.454 e. The molecule has 2 aromatic rings. The number of amides is 1. The number of likely N-dealkylation sites (tertiary alicyclic amines) is 1. The van der Waals surface area contributed by atoms with Gasteiger partial charge in [-0.25, -0.2) is 9.67 Å². The molecule has 1 aromatic carbocycles. The van der Waals surface area contributed by atoms with Crippen LogP contribution in [0.25, 0.3) is 5.69 Å². The number of carbonyl (C=O) groups excluding carboxylic acids is 1. The molecule has 1 fully saturated rings. The SMILES string of the molecule is O=C1CCCCCN1CCc1ncnn1-c1ccc2c(c1)OCO2. The lowest BCUT2D eigenvalue weighted by Gasteiger charge is -2.20. The Morgan fingerprint density at radius 3 is 3.00 bits per heavy atom. The summed E-state index contributed by atoms with van der Waals surface area (Å²) >= 11 is 0. The van der Waals surface area contributed by atoms with Crippen molar-refractivity contribution in [2.45, 2.75) is 32.1 Å². The minimum absolute atomic E-state index is 0.250. The fourth-order valence-electron chi connectivity index (χ4n) is 3.18. The Kier molecular flexibility index (Phi) is 4.06. The highest BCUT2D eigenvalue weighted by molar-refractivity contribution is 5.76. The molecule has 1 saturated heterocycles. The second-order valence-electron chi connectivity index (χ2n) is 6.07. The zero-order chi connectivity index (χ0) is 16.4. The number of benzene rings is 1. The number of nitrogens with zero attached hydrogens (tertiary/aromatic N) is 4. The first-order chi connectivity index (χ1) is 11.8. The highest BCUT2D eigenvalue weighted by Crippen LogP contribution is 2.33. The van der Waals surface area contributed by atoms with E-state index in [1.54, 1.807) is 11.0 Å². The van der Waals surface area contributed by atoms with Crippen LogP contribution in [0.1, 0.15) is 31.5 Å². The molecule has 3 heterocycles. The van der Waals surface area contributed by atoms with Crippen molar-refractivity contribution in [2.24, 2.45) is 0 Å². The van der Waals surface area contributed by atoms with Gasteiger partial charge in [0.05, 0.1) is 5.69 Å². The topological polar surface area (TPSA) is 69.5 Å². The molecule has 7 heteroatoms. The molecular weight excluding hydrogens is 308 g/mol. The molecule has 0 atom stereocenters. The van der Waals surface area contributed by atoms with Crippen molar-refractivity contribution >= 4 is 5.91 Å². The Hall–Kier alpha value is -2.57. The third-order valence-corrected chi connectivity index (χ3v) is 4.50. The molecule has 0 aliphatic carbocycles. The molecule has 0 radical (unpaired) electrons. The second kappa shape index (κ2) is 6.51. The Morgan fingerprint density at radius 1 is 1.12 bits per heavy atom. The molecule has 0 N–H and O–H groups in total. The van der Waals surface area contributed by atoms with Gasteiger partial charge in [-0.15, -0.1) is 0 Å². The molecule has 7 nitrogen and oxygen atoms in total. The lowest BCUT2D eigenvalue weighted by molar-refractivity contribution is -0.130. The van der Waals surface area contributed by atoms with E-state index in [-0.39, 0.29) is 12.7 Å². The summed E-state index contributed by atoms with van der Waals surface area (Å²) in [5.41, 5.74) is 0.883. The first-order valence-electron chi connectivity index (χ1n) is 8.38. The van der Waals surface area contributed by atoms with E-state index >= 15 is 0 Å². The Labute approximate surface area is 140 Å². The molecule has 24 heavy (non-hydrogen) atoms. The van der Waals surface area contributed by atoms with Crippen molar-refractivity contribution in [3.8, 4) is 17.2 Å². The van der Waals surface area contributed by atoms with Gasteiger partial charge < -0.3 is 14.4 Å². The van der Waals surface area contributed by atoms with Gasteiger partial charge in [-0.05, 0) is 25.0 Å². The Morgan fingerprint density at radius 2 is 2.04 bits per heavy atom. The van der Waals surface area contributed by atoms with Crippen molar-refractivity contribution in [1.82, 2.24) is 19.7 Å². The summed E-state index contributed by atoms with van der Waals surface area (Å²) in [6.07, 6.45) is 6.11. The van der Waals surface area contributed by atoms with Crippen LogP contribution in [0.3, 0.4) is 0 Å². The average molecular weight is 328 g/mol. The highest BCUT2D eigenvalue weighted by Gasteiger charge is 2.19. The zero-order valence-corrected chi connectivity index (χ0v) is 13.5. The quantitative estimate of drug-likeness (QED) is 0.858. The third kappa shape index (κ3) is 2.93. The Bertz CT molecular complexity index is 743. The number of rotatable bonds is 4. The van der Waals surface area contributed by atoms with Crippen LogP contribution in [-0.2, 0) is 11.2 Å². The van der Waals surface area contributed by atoms with Crippen LogP contribution in [0, 0.1) is 0 Å². The second-order valence-corrected chi connectivity index (χ2v) is 6.07. The summed E-state index contributed by atoms with van der Waals surface area (Å²) in [7, 11) is 0. The summed E-state index contributed by atoms with van der Waals surface area (Å²) in [5.74, 6) is 2.56. The van der Waals surface area contributed by atoms with Crippen molar-refractivity contribution < 1.29 is 14.3 Å². The summed E-state index contributed by atoms with van der Waals surface area (Å²) in [5, 5.41) is 4.32. The smallest absolute Gasteiger partial charge is 0.231 e. The van der Waals surface area contributed by atoms with Gasteiger partial charge in [0.15, 0.2) is 11.5 Å². The summed E-state index contributed by atoms with van der Waals surface area (Å²) in [6.45, 7) is 1.78. The van der Waals surface area contributed by atoms with E-state index in [2.05, 4.69) is 10.1 Å². The van der Waals surface area contributed by atoms with E-state index in [4.69, 9.17) is 9.47 Å². The largest absolute Gasteiger partial charge is 0.454 e. The van der Waals surface area contributed by atoms with E-state index in [9.17, 15) is 4.79 Å². The van der Waals surface area contributed by atoms with Gasteiger partial charge in [0, 0.05) is 32.0 Å². The number of aromatic nitrogens is 3. The van der Waals surface area contributed by atoms with Crippen LogP contribution in [-0.4, -0.2) is 45.5 Å². The monoisotopic (exact) mass is 328 g/mol. The van der Waals surface area contributed by atoms with Crippen LogP contribution < -0.4 is 9.47 Å². The molecule has 2 aliphatic heterocycles. The van der Waals surface area contributed by atoms with E-state index < -0.39 is 0 Å². The lowest BCUT2D eigenvalue weighted by atomic mass is 10.2. The average Bonchev–Trinajstić information content (AvgIpc) is 3.20. The van der Waals surface area contributed by atoms with Crippen LogP contribution in [0.5, 0.6) is 11.5 Å². The molecule has 126 valence electrons.